The summed E-state index contributed by atoms with van der Waals surface area (Å²) in [6.07, 6.45) is 2.05. The van der Waals surface area contributed by atoms with E-state index in [1.165, 1.54) is 12.1 Å². The molecule has 0 aliphatic carbocycles. The lowest BCUT2D eigenvalue weighted by Crippen LogP contribution is -2.30. The number of nitrogens with one attached hydrogen (secondary N) is 1. The van der Waals surface area contributed by atoms with Crippen LogP contribution in [0.5, 0.6) is 0 Å². The highest BCUT2D eigenvalue weighted by molar-refractivity contribution is 9.10. The third-order valence-electron chi connectivity index (χ3n) is 3.06. The van der Waals surface area contributed by atoms with Gasteiger partial charge in [0.1, 0.15) is 10.7 Å². The Morgan fingerprint density at radius 1 is 1.50 bits per heavy atom. The van der Waals surface area contributed by atoms with Gasteiger partial charge in [-0.3, -0.25) is 0 Å². The molecule has 1 aromatic carbocycles. The van der Waals surface area contributed by atoms with Crippen LogP contribution in [0, 0.1) is 5.82 Å². The second-order valence-electron chi connectivity index (χ2n) is 4.52. The molecule has 1 unspecified atom stereocenters. The van der Waals surface area contributed by atoms with E-state index in [1.54, 1.807) is 11.8 Å². The summed E-state index contributed by atoms with van der Waals surface area (Å²) in [6, 6.07) is 2.57. The molecule has 0 radical (unpaired) electrons. The van der Waals surface area contributed by atoms with Gasteiger partial charge in [-0.15, -0.1) is 0 Å². The maximum atomic E-state index is 14.0. The molecule has 0 saturated carbocycles. The van der Waals surface area contributed by atoms with E-state index in [1.807, 2.05) is 0 Å². The van der Waals surface area contributed by atoms with Crippen molar-refractivity contribution in [3.63, 3.8) is 0 Å². The standard InChI is InChI=1S/C12H15BrFNO3S2/c13-9-4-8(7-16)12(14)11(5-9)20(17,18)15-6-10-2-1-3-19-10/h4-5,10,15-16H,1-3,6-7H2. The molecule has 4 nitrogen and oxygen atoms in total. The van der Waals surface area contributed by atoms with Gasteiger partial charge in [-0.2, -0.15) is 11.8 Å². The van der Waals surface area contributed by atoms with Crippen LogP contribution in [0.2, 0.25) is 0 Å². The van der Waals surface area contributed by atoms with Gasteiger partial charge in [0.25, 0.3) is 0 Å². The zero-order chi connectivity index (χ0) is 14.8. The lowest BCUT2D eigenvalue weighted by Gasteiger charge is -2.13. The lowest BCUT2D eigenvalue weighted by atomic mass is 10.2. The molecule has 0 aromatic heterocycles. The number of aliphatic hydroxyl groups is 1. The Morgan fingerprint density at radius 3 is 2.85 bits per heavy atom. The van der Waals surface area contributed by atoms with E-state index in [0.717, 1.165) is 18.6 Å². The highest BCUT2D eigenvalue weighted by Crippen LogP contribution is 2.27. The smallest absolute Gasteiger partial charge is 0.243 e. The third-order valence-corrected chi connectivity index (χ3v) is 6.34. The molecule has 8 heteroatoms. The molecule has 0 bridgehead atoms. The van der Waals surface area contributed by atoms with Crippen molar-refractivity contribution >= 4 is 37.7 Å². The van der Waals surface area contributed by atoms with E-state index >= 15 is 0 Å². The van der Waals surface area contributed by atoms with Gasteiger partial charge in [0, 0.05) is 21.8 Å². The summed E-state index contributed by atoms with van der Waals surface area (Å²) in [4.78, 5) is -0.432. The summed E-state index contributed by atoms with van der Waals surface area (Å²) >= 11 is 4.85. The molecular weight excluding hydrogens is 369 g/mol. The summed E-state index contributed by atoms with van der Waals surface area (Å²) in [5.74, 6) is 0.133. The van der Waals surface area contributed by atoms with Crippen LogP contribution in [0.4, 0.5) is 4.39 Å². The zero-order valence-electron chi connectivity index (χ0n) is 10.6. The van der Waals surface area contributed by atoms with Crippen molar-refractivity contribution in [3.05, 3.63) is 28.0 Å². The minimum atomic E-state index is -3.91. The lowest BCUT2D eigenvalue weighted by molar-refractivity contribution is 0.274. The summed E-state index contributed by atoms with van der Waals surface area (Å²) in [7, 11) is -3.91. The maximum Gasteiger partial charge on any atom is 0.243 e. The van der Waals surface area contributed by atoms with Crippen LogP contribution in [0.25, 0.3) is 0 Å². The van der Waals surface area contributed by atoms with Crippen LogP contribution in [0.15, 0.2) is 21.5 Å². The topological polar surface area (TPSA) is 66.4 Å². The molecule has 2 rings (SSSR count). The SMILES string of the molecule is O=S(=O)(NCC1CCCS1)c1cc(Br)cc(CO)c1F. The van der Waals surface area contributed by atoms with Crippen molar-refractivity contribution in [2.75, 3.05) is 12.3 Å². The predicted molar refractivity (Wildman–Crippen MR) is 80.7 cm³/mol. The molecule has 1 aromatic rings. The van der Waals surface area contributed by atoms with Crippen molar-refractivity contribution in [3.8, 4) is 0 Å². The van der Waals surface area contributed by atoms with Crippen LogP contribution >= 0.6 is 27.7 Å². The monoisotopic (exact) mass is 383 g/mol. The number of aliphatic hydroxyl groups excluding tert-OH is 1. The minimum absolute atomic E-state index is 0.0463. The van der Waals surface area contributed by atoms with Gasteiger partial charge >= 0.3 is 0 Å². The number of hydrogen-bond donors (Lipinski definition) is 2. The van der Waals surface area contributed by atoms with Crippen molar-refractivity contribution in [2.45, 2.75) is 29.6 Å². The van der Waals surface area contributed by atoms with E-state index < -0.39 is 27.3 Å². The Hall–Kier alpha value is -0.150. The van der Waals surface area contributed by atoms with Gasteiger partial charge in [0.15, 0.2) is 0 Å². The molecule has 20 heavy (non-hydrogen) atoms. The molecule has 1 saturated heterocycles. The van der Waals surface area contributed by atoms with Crippen LogP contribution in [0.3, 0.4) is 0 Å². The van der Waals surface area contributed by atoms with E-state index in [4.69, 9.17) is 5.11 Å². The first-order valence-electron chi connectivity index (χ1n) is 6.14. The van der Waals surface area contributed by atoms with E-state index in [9.17, 15) is 12.8 Å². The summed E-state index contributed by atoms with van der Waals surface area (Å²) in [5, 5.41) is 9.30. The number of rotatable bonds is 5. The van der Waals surface area contributed by atoms with Crippen LogP contribution < -0.4 is 4.72 Å². The largest absolute Gasteiger partial charge is 0.392 e. The average Bonchev–Trinajstić information content (AvgIpc) is 2.92. The summed E-state index contributed by atoms with van der Waals surface area (Å²) in [6.45, 7) is -0.250. The van der Waals surface area contributed by atoms with Gasteiger partial charge < -0.3 is 5.11 Å². The van der Waals surface area contributed by atoms with Gasteiger partial charge in [0.05, 0.1) is 6.61 Å². The second-order valence-corrected chi connectivity index (χ2v) is 8.58. The minimum Gasteiger partial charge on any atom is -0.392 e. The Balaban J connectivity index is 2.22. The number of halogens is 2. The highest BCUT2D eigenvalue weighted by atomic mass is 79.9. The number of benzene rings is 1. The normalized spacial score (nSPS) is 19.4. The van der Waals surface area contributed by atoms with Gasteiger partial charge in [-0.25, -0.2) is 17.5 Å². The van der Waals surface area contributed by atoms with Gasteiger partial charge in [0.2, 0.25) is 10.0 Å². The fourth-order valence-corrected chi connectivity index (χ4v) is 5.20. The quantitative estimate of drug-likeness (QED) is 0.818. The van der Waals surface area contributed by atoms with E-state index in [2.05, 4.69) is 20.7 Å². The van der Waals surface area contributed by atoms with Crippen molar-refractivity contribution in [1.29, 1.82) is 0 Å². The first-order chi connectivity index (χ1) is 9.44. The average molecular weight is 384 g/mol. The number of hydrogen-bond acceptors (Lipinski definition) is 4. The fourth-order valence-electron chi connectivity index (χ4n) is 2.01. The maximum absolute atomic E-state index is 14.0. The molecular formula is C12H15BrFNO3S2. The molecule has 1 aliphatic rings. The Kier molecular flexibility index (Phi) is 5.47. The molecule has 1 fully saturated rings. The Labute approximate surface area is 130 Å². The zero-order valence-corrected chi connectivity index (χ0v) is 13.8. The van der Waals surface area contributed by atoms with E-state index in [0.29, 0.717) is 11.0 Å². The molecule has 1 heterocycles. The first-order valence-corrected chi connectivity index (χ1v) is 9.46. The molecule has 1 aliphatic heterocycles. The summed E-state index contributed by atoms with van der Waals surface area (Å²) < 4.78 is 41.2. The molecule has 112 valence electrons. The van der Waals surface area contributed by atoms with Gasteiger partial charge in [-0.1, -0.05) is 15.9 Å². The van der Waals surface area contributed by atoms with Crippen LogP contribution in [0.1, 0.15) is 18.4 Å². The number of thioether (sulfide) groups is 1. The Morgan fingerprint density at radius 2 is 2.25 bits per heavy atom. The van der Waals surface area contributed by atoms with Crippen LogP contribution in [-0.2, 0) is 16.6 Å². The van der Waals surface area contributed by atoms with Crippen molar-refractivity contribution in [1.82, 2.24) is 4.72 Å². The second kappa shape index (κ2) is 6.74. The fraction of sp³-hybridized carbons (Fsp3) is 0.500. The highest BCUT2D eigenvalue weighted by Gasteiger charge is 2.24. The van der Waals surface area contributed by atoms with Crippen molar-refractivity contribution in [2.24, 2.45) is 0 Å². The molecule has 2 N–H and O–H groups in total. The molecule has 1 atom stereocenters. The van der Waals surface area contributed by atoms with Crippen LogP contribution in [-0.4, -0.2) is 31.1 Å². The van der Waals surface area contributed by atoms with E-state index in [-0.39, 0.29) is 10.8 Å². The Bertz CT molecular complexity index is 589. The molecule has 0 amide bonds. The first kappa shape index (κ1) is 16.2. The number of sulfonamides is 1. The molecule has 0 spiro atoms. The third kappa shape index (κ3) is 3.73. The van der Waals surface area contributed by atoms with Gasteiger partial charge in [-0.05, 0) is 30.7 Å². The van der Waals surface area contributed by atoms with Crippen molar-refractivity contribution < 1.29 is 17.9 Å². The predicted octanol–water partition coefficient (Wildman–Crippen LogP) is 2.25. The summed E-state index contributed by atoms with van der Waals surface area (Å²) in [5.41, 5.74) is -0.0463.